The van der Waals surface area contributed by atoms with Crippen molar-refractivity contribution in [2.75, 3.05) is 26.3 Å². The zero-order chi connectivity index (χ0) is 20.8. The first kappa shape index (κ1) is 19.4. The van der Waals surface area contributed by atoms with Gasteiger partial charge < -0.3 is 9.47 Å². The summed E-state index contributed by atoms with van der Waals surface area (Å²) < 4.78 is 14.3. The van der Waals surface area contributed by atoms with Gasteiger partial charge in [0.15, 0.2) is 11.6 Å². The number of hydrogen-bond donors (Lipinski definition) is 0. The number of rotatable bonds is 3. The summed E-state index contributed by atoms with van der Waals surface area (Å²) in [6, 6.07) is 12.4. The fourth-order valence-electron chi connectivity index (χ4n) is 5.07. The third-order valence-electron chi connectivity index (χ3n) is 6.54. The van der Waals surface area contributed by atoms with E-state index in [0.717, 1.165) is 43.1 Å². The lowest BCUT2D eigenvalue weighted by atomic mass is 10.0. The number of nitrogens with zero attached hydrogens (tertiary/aromatic N) is 5. The number of alkyl halides is 1. The monoisotopic (exact) mass is 437 g/mol. The van der Waals surface area contributed by atoms with Gasteiger partial charge in [-0.25, -0.2) is 0 Å². The van der Waals surface area contributed by atoms with E-state index >= 15 is 0 Å². The SMILES string of the molecule is ClC1c2nnc([C@H]3CCN(Cc4cccnc4)C3)n2-c2ccccc2CC12OCCO2. The molecule has 0 bridgehead atoms. The van der Waals surface area contributed by atoms with E-state index in [1.165, 1.54) is 5.56 Å². The number of likely N-dealkylation sites (tertiary alicyclic amines) is 1. The van der Waals surface area contributed by atoms with E-state index in [-0.39, 0.29) is 5.92 Å². The molecule has 1 unspecified atom stereocenters. The first-order valence-electron chi connectivity index (χ1n) is 10.8. The van der Waals surface area contributed by atoms with Crippen molar-refractivity contribution in [3.05, 3.63) is 71.6 Å². The average molecular weight is 438 g/mol. The second-order valence-corrected chi connectivity index (χ2v) is 8.95. The second kappa shape index (κ2) is 7.67. The zero-order valence-corrected chi connectivity index (χ0v) is 17.9. The summed E-state index contributed by atoms with van der Waals surface area (Å²) in [5.41, 5.74) is 3.44. The van der Waals surface area contributed by atoms with Crippen LogP contribution in [0.5, 0.6) is 0 Å². The molecule has 1 aromatic carbocycles. The number of para-hydroxylation sites is 1. The van der Waals surface area contributed by atoms with Crippen LogP contribution >= 0.6 is 11.6 Å². The number of halogens is 1. The van der Waals surface area contributed by atoms with Crippen LogP contribution in [0.2, 0.25) is 0 Å². The quantitative estimate of drug-likeness (QED) is 0.586. The Balaban J connectivity index is 1.36. The molecule has 7 nitrogen and oxygen atoms in total. The van der Waals surface area contributed by atoms with E-state index in [0.29, 0.717) is 25.5 Å². The molecule has 0 amide bonds. The third kappa shape index (κ3) is 3.27. The molecule has 3 aliphatic heterocycles. The highest BCUT2D eigenvalue weighted by atomic mass is 35.5. The van der Waals surface area contributed by atoms with Crippen LogP contribution < -0.4 is 0 Å². The van der Waals surface area contributed by atoms with Crippen molar-refractivity contribution >= 4 is 11.6 Å². The lowest BCUT2D eigenvalue weighted by molar-refractivity contribution is -0.159. The van der Waals surface area contributed by atoms with Gasteiger partial charge in [0.2, 0.25) is 0 Å². The minimum atomic E-state index is -0.891. The molecule has 31 heavy (non-hydrogen) atoms. The van der Waals surface area contributed by atoms with Crippen molar-refractivity contribution in [3.8, 4) is 5.69 Å². The van der Waals surface area contributed by atoms with Crippen molar-refractivity contribution in [1.29, 1.82) is 0 Å². The number of ether oxygens (including phenoxy) is 2. The van der Waals surface area contributed by atoms with Crippen LogP contribution in [0.1, 0.15) is 40.5 Å². The Labute approximate surface area is 186 Å². The molecule has 2 atom stereocenters. The Kier molecular flexibility index (Phi) is 4.79. The van der Waals surface area contributed by atoms with Crippen molar-refractivity contribution < 1.29 is 9.47 Å². The zero-order valence-electron chi connectivity index (χ0n) is 17.2. The molecule has 5 heterocycles. The molecule has 160 valence electrons. The van der Waals surface area contributed by atoms with Crippen LogP contribution in [0.25, 0.3) is 5.69 Å². The van der Waals surface area contributed by atoms with Crippen LogP contribution in [0.15, 0.2) is 48.8 Å². The minimum absolute atomic E-state index is 0.286. The normalized spacial score (nSPS) is 24.8. The van der Waals surface area contributed by atoms with Gasteiger partial charge in [0.25, 0.3) is 0 Å². The molecular weight excluding hydrogens is 414 g/mol. The summed E-state index contributed by atoms with van der Waals surface area (Å²) in [5, 5.41) is 8.68. The largest absolute Gasteiger partial charge is 0.345 e. The van der Waals surface area contributed by atoms with E-state index in [9.17, 15) is 0 Å². The summed E-state index contributed by atoms with van der Waals surface area (Å²) in [6.07, 6.45) is 5.38. The Bertz CT molecular complexity index is 1080. The van der Waals surface area contributed by atoms with E-state index in [1.807, 2.05) is 30.6 Å². The summed E-state index contributed by atoms with van der Waals surface area (Å²) in [7, 11) is 0. The highest BCUT2D eigenvalue weighted by Crippen LogP contribution is 2.45. The molecule has 0 N–H and O–H groups in total. The molecule has 3 aromatic rings. The van der Waals surface area contributed by atoms with Gasteiger partial charge in [0.05, 0.1) is 18.9 Å². The fourth-order valence-corrected chi connectivity index (χ4v) is 5.41. The molecular formula is C23H24ClN5O2. The summed E-state index contributed by atoms with van der Waals surface area (Å²) in [5.74, 6) is 1.07. The van der Waals surface area contributed by atoms with Gasteiger partial charge in [-0.05, 0) is 36.2 Å². The molecule has 0 saturated carbocycles. The number of pyridine rings is 1. The van der Waals surface area contributed by atoms with Crippen LogP contribution in [-0.4, -0.2) is 56.7 Å². The maximum Gasteiger partial charge on any atom is 0.196 e. The molecule has 2 saturated heterocycles. The Hall–Kier alpha value is -2.32. The average Bonchev–Trinajstić information content (AvgIpc) is 3.53. The van der Waals surface area contributed by atoms with E-state index < -0.39 is 11.2 Å². The van der Waals surface area contributed by atoms with Gasteiger partial charge in [-0.1, -0.05) is 24.3 Å². The van der Waals surface area contributed by atoms with Crippen LogP contribution in [0.3, 0.4) is 0 Å². The van der Waals surface area contributed by atoms with E-state index in [2.05, 4.69) is 42.8 Å². The van der Waals surface area contributed by atoms with Crippen molar-refractivity contribution in [1.82, 2.24) is 24.6 Å². The molecule has 3 aliphatic rings. The molecule has 0 aliphatic carbocycles. The van der Waals surface area contributed by atoms with Crippen LogP contribution in [-0.2, 0) is 22.4 Å². The Morgan fingerprint density at radius 2 is 1.90 bits per heavy atom. The van der Waals surface area contributed by atoms with Crippen LogP contribution in [0.4, 0.5) is 0 Å². The number of aromatic nitrogens is 4. The smallest absolute Gasteiger partial charge is 0.196 e. The topological polar surface area (TPSA) is 65.3 Å². The number of hydrogen-bond acceptors (Lipinski definition) is 6. The van der Waals surface area contributed by atoms with Gasteiger partial charge in [-0.2, -0.15) is 0 Å². The summed E-state index contributed by atoms with van der Waals surface area (Å²) in [6.45, 7) is 3.92. The van der Waals surface area contributed by atoms with Crippen LogP contribution in [0, 0.1) is 0 Å². The fraction of sp³-hybridized carbons (Fsp3) is 0.435. The van der Waals surface area contributed by atoms with E-state index in [1.54, 1.807) is 0 Å². The molecule has 8 heteroatoms. The van der Waals surface area contributed by atoms with Gasteiger partial charge in [0, 0.05) is 37.8 Å². The molecule has 6 rings (SSSR count). The number of fused-ring (bicyclic) bond motifs is 3. The first-order chi connectivity index (χ1) is 15.2. The first-order valence-corrected chi connectivity index (χ1v) is 11.2. The second-order valence-electron chi connectivity index (χ2n) is 8.51. The van der Waals surface area contributed by atoms with Crippen molar-refractivity contribution in [2.45, 2.75) is 36.5 Å². The Morgan fingerprint density at radius 1 is 1.06 bits per heavy atom. The lowest BCUT2D eigenvalue weighted by Gasteiger charge is -2.29. The van der Waals surface area contributed by atoms with Gasteiger partial charge in [0.1, 0.15) is 11.2 Å². The third-order valence-corrected chi connectivity index (χ3v) is 7.07. The predicted octanol–water partition coefficient (Wildman–Crippen LogP) is 3.23. The molecule has 0 radical (unpaired) electrons. The lowest BCUT2D eigenvalue weighted by Crippen LogP contribution is -2.37. The predicted molar refractivity (Wildman–Crippen MR) is 115 cm³/mol. The minimum Gasteiger partial charge on any atom is -0.345 e. The standard InChI is InChI=1S/C23H24ClN5O2/c24-20-22-27-26-21(18-7-9-28(15-18)14-16-4-3-8-25-13-16)29(22)19-6-2-1-5-17(19)12-23(20)30-10-11-31-23/h1-6,8,13,18,20H,7,9-12,14-15H2/t18-,20?/m0/s1. The maximum atomic E-state index is 6.97. The highest BCUT2D eigenvalue weighted by molar-refractivity contribution is 6.21. The van der Waals surface area contributed by atoms with Crippen molar-refractivity contribution in [2.24, 2.45) is 0 Å². The van der Waals surface area contributed by atoms with Gasteiger partial charge in [-0.3, -0.25) is 14.5 Å². The molecule has 2 aromatic heterocycles. The van der Waals surface area contributed by atoms with E-state index in [4.69, 9.17) is 21.1 Å². The van der Waals surface area contributed by atoms with Crippen molar-refractivity contribution in [3.63, 3.8) is 0 Å². The molecule has 2 fully saturated rings. The maximum absolute atomic E-state index is 6.97. The summed E-state index contributed by atoms with van der Waals surface area (Å²) >= 11 is 6.97. The summed E-state index contributed by atoms with van der Waals surface area (Å²) in [4.78, 5) is 6.69. The molecule has 1 spiro atoms. The Morgan fingerprint density at radius 3 is 2.74 bits per heavy atom. The number of benzene rings is 1. The van der Waals surface area contributed by atoms with Gasteiger partial charge >= 0.3 is 0 Å². The van der Waals surface area contributed by atoms with Gasteiger partial charge in [-0.15, -0.1) is 21.8 Å². The highest BCUT2D eigenvalue weighted by Gasteiger charge is 2.50.